The molecule has 0 aliphatic heterocycles. The highest BCUT2D eigenvalue weighted by Crippen LogP contribution is 2.24. The number of hydrogen-bond donors (Lipinski definition) is 1. The highest BCUT2D eigenvalue weighted by Gasteiger charge is 2.06. The zero-order chi connectivity index (χ0) is 21.5. The number of carbonyl (C=O) groups is 1. The van der Waals surface area contributed by atoms with E-state index >= 15 is 0 Å². The van der Waals surface area contributed by atoms with Crippen LogP contribution in [-0.4, -0.2) is 12.1 Å². The van der Waals surface area contributed by atoms with Gasteiger partial charge in [0.1, 0.15) is 12.4 Å². The van der Waals surface area contributed by atoms with Gasteiger partial charge in [-0.3, -0.25) is 4.79 Å². The van der Waals surface area contributed by atoms with Gasteiger partial charge in [0.15, 0.2) is 0 Å². The molecule has 0 atom stereocenters. The van der Waals surface area contributed by atoms with E-state index in [-0.39, 0.29) is 12.3 Å². The summed E-state index contributed by atoms with van der Waals surface area (Å²) in [6, 6.07) is 18.7. The molecule has 0 aliphatic rings. The van der Waals surface area contributed by atoms with E-state index in [9.17, 15) is 4.79 Å². The van der Waals surface area contributed by atoms with Crippen LogP contribution in [0, 0.1) is 13.8 Å². The quantitative estimate of drug-likeness (QED) is 0.368. The van der Waals surface area contributed by atoms with Crippen molar-refractivity contribution >= 4 is 35.3 Å². The van der Waals surface area contributed by atoms with Crippen molar-refractivity contribution < 1.29 is 9.53 Å². The molecule has 1 N–H and O–H groups in total. The summed E-state index contributed by atoms with van der Waals surface area (Å²) in [6.07, 6.45) is 1.84. The number of aryl methyl sites for hydroxylation is 2. The van der Waals surface area contributed by atoms with Crippen molar-refractivity contribution in [2.75, 3.05) is 0 Å². The molecule has 0 spiro atoms. The molecule has 0 bridgehead atoms. The first-order chi connectivity index (χ1) is 14.4. The molecule has 0 unspecified atom stereocenters. The molecule has 0 heterocycles. The molecule has 3 aromatic carbocycles. The zero-order valence-electron chi connectivity index (χ0n) is 16.8. The summed E-state index contributed by atoms with van der Waals surface area (Å²) >= 11 is 12.1. The van der Waals surface area contributed by atoms with Crippen molar-refractivity contribution in [3.05, 3.63) is 98.5 Å². The van der Waals surface area contributed by atoms with E-state index in [4.69, 9.17) is 27.9 Å². The van der Waals surface area contributed by atoms with Crippen molar-refractivity contribution in [1.82, 2.24) is 5.43 Å². The Morgan fingerprint density at radius 2 is 1.83 bits per heavy atom. The van der Waals surface area contributed by atoms with E-state index < -0.39 is 0 Å². The minimum absolute atomic E-state index is 0.180. The predicted octanol–water partition coefficient (Wildman–Crippen LogP) is 5.88. The molecule has 1 amide bonds. The molecule has 0 saturated carbocycles. The summed E-state index contributed by atoms with van der Waals surface area (Å²) in [5.41, 5.74) is 7.46. The Kier molecular flexibility index (Phi) is 7.50. The van der Waals surface area contributed by atoms with Crippen molar-refractivity contribution in [1.29, 1.82) is 0 Å². The van der Waals surface area contributed by atoms with E-state index in [0.717, 1.165) is 22.3 Å². The molecule has 3 aromatic rings. The number of carbonyl (C=O) groups excluding carboxylic acids is 1. The molecule has 6 heteroatoms. The number of ether oxygens (including phenoxy) is 1. The Labute approximate surface area is 186 Å². The summed E-state index contributed by atoms with van der Waals surface area (Å²) in [5, 5.41) is 5.20. The lowest BCUT2D eigenvalue weighted by molar-refractivity contribution is -0.120. The Bertz CT molecular complexity index is 1080. The third-order valence-corrected chi connectivity index (χ3v) is 5.23. The third-order valence-electron chi connectivity index (χ3n) is 4.65. The smallest absolute Gasteiger partial charge is 0.244 e. The fourth-order valence-corrected chi connectivity index (χ4v) is 3.29. The number of halogens is 2. The highest BCUT2D eigenvalue weighted by molar-refractivity contribution is 6.35. The standard InChI is InChI=1S/C24H22Cl2N2O2/c1-16-7-8-18(11-17(16)2)12-24(29)28-27-14-19-5-3-4-6-23(19)30-15-20-9-10-21(25)13-22(20)26/h3-11,13-14H,12,15H2,1-2H3,(H,28,29)/b27-14-. The maximum absolute atomic E-state index is 12.2. The monoisotopic (exact) mass is 440 g/mol. The Balaban J connectivity index is 1.60. The summed E-state index contributed by atoms with van der Waals surface area (Å²) in [6.45, 7) is 4.37. The van der Waals surface area contributed by atoms with E-state index in [1.165, 1.54) is 5.56 Å². The largest absolute Gasteiger partial charge is 0.488 e. The van der Waals surface area contributed by atoms with Crippen molar-refractivity contribution in [2.45, 2.75) is 26.9 Å². The van der Waals surface area contributed by atoms with Crippen LogP contribution in [0.15, 0.2) is 65.8 Å². The first-order valence-electron chi connectivity index (χ1n) is 9.46. The summed E-state index contributed by atoms with van der Waals surface area (Å²) < 4.78 is 5.89. The van der Waals surface area contributed by atoms with Gasteiger partial charge in [0.2, 0.25) is 5.91 Å². The number of nitrogens with one attached hydrogen (secondary N) is 1. The van der Waals surface area contributed by atoms with Gasteiger partial charge in [-0.15, -0.1) is 0 Å². The molecule has 0 saturated heterocycles. The Morgan fingerprint density at radius 3 is 2.60 bits per heavy atom. The van der Waals surface area contributed by atoms with Gasteiger partial charge in [-0.2, -0.15) is 5.10 Å². The first kappa shape index (κ1) is 21.9. The van der Waals surface area contributed by atoms with Crippen LogP contribution in [0.5, 0.6) is 5.75 Å². The molecule has 0 aromatic heterocycles. The number of benzene rings is 3. The predicted molar refractivity (Wildman–Crippen MR) is 123 cm³/mol. The molecule has 154 valence electrons. The van der Waals surface area contributed by atoms with Crippen molar-refractivity contribution in [3.8, 4) is 5.75 Å². The number of hydrogen-bond acceptors (Lipinski definition) is 3. The summed E-state index contributed by atoms with van der Waals surface area (Å²) in [4.78, 5) is 12.2. The number of para-hydroxylation sites is 1. The average molecular weight is 441 g/mol. The number of amides is 1. The Hall–Kier alpha value is -2.82. The van der Waals surface area contributed by atoms with Gasteiger partial charge in [0.05, 0.1) is 12.6 Å². The summed E-state index contributed by atoms with van der Waals surface area (Å²) in [7, 11) is 0. The normalized spacial score (nSPS) is 10.9. The minimum Gasteiger partial charge on any atom is -0.488 e. The van der Waals surface area contributed by atoms with Crippen LogP contribution >= 0.6 is 23.2 Å². The molecular weight excluding hydrogens is 419 g/mol. The number of rotatable bonds is 7. The van der Waals surface area contributed by atoms with Crippen LogP contribution in [0.4, 0.5) is 0 Å². The second-order valence-electron chi connectivity index (χ2n) is 6.95. The zero-order valence-corrected chi connectivity index (χ0v) is 18.3. The van der Waals surface area contributed by atoms with Crippen LogP contribution in [0.3, 0.4) is 0 Å². The van der Waals surface area contributed by atoms with E-state index in [2.05, 4.69) is 10.5 Å². The van der Waals surface area contributed by atoms with Crippen LogP contribution in [0.25, 0.3) is 0 Å². The fourth-order valence-electron chi connectivity index (χ4n) is 2.83. The van der Waals surface area contributed by atoms with Gasteiger partial charge in [0, 0.05) is 21.2 Å². The van der Waals surface area contributed by atoms with Gasteiger partial charge in [-0.05, 0) is 54.8 Å². The SMILES string of the molecule is Cc1ccc(CC(=O)N/N=C\c2ccccc2OCc2ccc(Cl)cc2Cl)cc1C. The van der Waals surface area contributed by atoms with Crippen LogP contribution in [-0.2, 0) is 17.8 Å². The fraction of sp³-hybridized carbons (Fsp3) is 0.167. The molecule has 0 fully saturated rings. The maximum Gasteiger partial charge on any atom is 0.244 e. The lowest BCUT2D eigenvalue weighted by atomic mass is 10.0. The van der Waals surface area contributed by atoms with E-state index in [0.29, 0.717) is 22.4 Å². The molecule has 4 nitrogen and oxygen atoms in total. The van der Waals surface area contributed by atoms with Crippen LogP contribution in [0.2, 0.25) is 10.0 Å². The molecule has 30 heavy (non-hydrogen) atoms. The summed E-state index contributed by atoms with van der Waals surface area (Å²) in [5.74, 6) is 0.455. The van der Waals surface area contributed by atoms with Crippen LogP contribution < -0.4 is 10.2 Å². The lowest BCUT2D eigenvalue weighted by Crippen LogP contribution is -2.19. The van der Waals surface area contributed by atoms with Crippen LogP contribution in [0.1, 0.15) is 27.8 Å². The van der Waals surface area contributed by atoms with Gasteiger partial charge >= 0.3 is 0 Å². The first-order valence-corrected chi connectivity index (χ1v) is 10.2. The van der Waals surface area contributed by atoms with Gasteiger partial charge < -0.3 is 4.74 Å². The second kappa shape index (κ2) is 10.3. The lowest BCUT2D eigenvalue weighted by Gasteiger charge is -2.10. The minimum atomic E-state index is -0.180. The topological polar surface area (TPSA) is 50.7 Å². The average Bonchev–Trinajstić information content (AvgIpc) is 2.71. The van der Waals surface area contributed by atoms with Crippen molar-refractivity contribution in [2.24, 2.45) is 5.10 Å². The molecule has 0 radical (unpaired) electrons. The molecular formula is C24H22Cl2N2O2. The van der Waals surface area contributed by atoms with Crippen molar-refractivity contribution in [3.63, 3.8) is 0 Å². The molecule has 0 aliphatic carbocycles. The third kappa shape index (κ3) is 6.09. The van der Waals surface area contributed by atoms with Gasteiger partial charge in [-0.1, -0.05) is 59.6 Å². The highest BCUT2D eigenvalue weighted by atomic mass is 35.5. The van der Waals surface area contributed by atoms with E-state index in [1.54, 1.807) is 18.3 Å². The second-order valence-corrected chi connectivity index (χ2v) is 7.79. The maximum atomic E-state index is 12.2. The number of nitrogens with zero attached hydrogens (tertiary/aromatic N) is 1. The number of hydrazone groups is 1. The van der Waals surface area contributed by atoms with Gasteiger partial charge in [0.25, 0.3) is 0 Å². The van der Waals surface area contributed by atoms with E-state index in [1.807, 2.05) is 62.4 Å². The molecule has 3 rings (SSSR count). The van der Waals surface area contributed by atoms with Gasteiger partial charge in [-0.25, -0.2) is 5.43 Å². The Morgan fingerprint density at radius 1 is 1.03 bits per heavy atom.